The molecule has 2 nitrogen and oxygen atoms in total. The van der Waals surface area contributed by atoms with Crippen LogP contribution in [0.1, 0.15) is 25.8 Å². The standard InChI is InChI=1S/C13H15NO/c1-3-11(14-8-4-5-9-14)13-10(2)6-7-12(13)15/h3-5,8-9,11H,1,6-7H2,2H3. The van der Waals surface area contributed by atoms with Gasteiger partial charge in [0.05, 0.1) is 6.04 Å². The quantitative estimate of drug-likeness (QED) is 0.689. The topological polar surface area (TPSA) is 22.0 Å². The predicted molar refractivity (Wildman–Crippen MR) is 60.6 cm³/mol. The average molecular weight is 201 g/mol. The summed E-state index contributed by atoms with van der Waals surface area (Å²) in [7, 11) is 0. The average Bonchev–Trinajstić information content (AvgIpc) is 2.83. The Hall–Kier alpha value is -1.57. The van der Waals surface area contributed by atoms with E-state index < -0.39 is 0 Å². The minimum absolute atomic E-state index is 0.00926. The van der Waals surface area contributed by atoms with Crippen molar-refractivity contribution in [2.75, 3.05) is 0 Å². The molecule has 0 radical (unpaired) electrons. The van der Waals surface area contributed by atoms with Crippen molar-refractivity contribution in [1.29, 1.82) is 0 Å². The number of Topliss-reactive ketones (excluding diaryl/α,β-unsaturated/α-hetero) is 1. The van der Waals surface area contributed by atoms with Crippen molar-refractivity contribution < 1.29 is 4.79 Å². The number of hydrogen-bond donors (Lipinski definition) is 0. The van der Waals surface area contributed by atoms with Gasteiger partial charge in [0.1, 0.15) is 0 Å². The van der Waals surface area contributed by atoms with Gasteiger partial charge in [-0.2, -0.15) is 0 Å². The van der Waals surface area contributed by atoms with Gasteiger partial charge in [-0.05, 0) is 25.5 Å². The number of rotatable bonds is 3. The third-order valence-electron chi connectivity index (χ3n) is 2.95. The Morgan fingerprint density at radius 3 is 2.53 bits per heavy atom. The van der Waals surface area contributed by atoms with Gasteiger partial charge in [-0.25, -0.2) is 0 Å². The monoisotopic (exact) mass is 201 g/mol. The van der Waals surface area contributed by atoms with Crippen molar-refractivity contribution in [3.05, 3.63) is 48.3 Å². The van der Waals surface area contributed by atoms with Crippen LogP contribution < -0.4 is 0 Å². The highest BCUT2D eigenvalue weighted by molar-refractivity contribution is 5.99. The van der Waals surface area contributed by atoms with Gasteiger partial charge in [0.25, 0.3) is 0 Å². The molecule has 1 heterocycles. The van der Waals surface area contributed by atoms with Gasteiger partial charge in [0.2, 0.25) is 0 Å². The van der Waals surface area contributed by atoms with Gasteiger partial charge in [-0.3, -0.25) is 4.79 Å². The first-order chi connectivity index (χ1) is 7.24. The molecule has 1 aromatic rings. The second-order valence-electron chi connectivity index (χ2n) is 3.93. The normalized spacial score (nSPS) is 18.3. The molecule has 1 unspecified atom stereocenters. The Kier molecular flexibility index (Phi) is 2.58. The van der Waals surface area contributed by atoms with Crippen LogP contribution in [0.5, 0.6) is 0 Å². The Balaban J connectivity index is 2.40. The molecule has 1 aliphatic rings. The van der Waals surface area contributed by atoms with Crippen LogP contribution in [-0.2, 0) is 4.79 Å². The van der Waals surface area contributed by atoms with Gasteiger partial charge in [0.15, 0.2) is 5.78 Å². The molecule has 0 bridgehead atoms. The summed E-state index contributed by atoms with van der Waals surface area (Å²) in [6, 6.07) is 3.94. The minimum atomic E-state index is 0.00926. The van der Waals surface area contributed by atoms with E-state index in [1.807, 2.05) is 42.1 Å². The first-order valence-corrected chi connectivity index (χ1v) is 5.22. The first kappa shape index (κ1) is 9.97. The van der Waals surface area contributed by atoms with Crippen molar-refractivity contribution >= 4 is 5.78 Å². The van der Waals surface area contributed by atoms with Crippen LogP contribution in [0.3, 0.4) is 0 Å². The number of aromatic nitrogens is 1. The fraction of sp³-hybridized carbons (Fsp3) is 0.308. The Bertz CT molecular complexity index is 412. The number of ketones is 1. The molecule has 1 atom stereocenters. The third kappa shape index (κ3) is 1.67. The molecule has 0 amide bonds. The van der Waals surface area contributed by atoms with Gasteiger partial charge in [0, 0.05) is 24.4 Å². The van der Waals surface area contributed by atoms with Gasteiger partial charge < -0.3 is 4.57 Å². The number of carbonyl (C=O) groups is 1. The van der Waals surface area contributed by atoms with E-state index in [9.17, 15) is 4.79 Å². The van der Waals surface area contributed by atoms with E-state index in [-0.39, 0.29) is 11.8 Å². The zero-order valence-corrected chi connectivity index (χ0v) is 8.94. The van der Waals surface area contributed by atoms with Crippen molar-refractivity contribution in [2.24, 2.45) is 0 Å². The van der Waals surface area contributed by atoms with Crippen LogP contribution >= 0.6 is 0 Å². The molecule has 2 rings (SSSR count). The minimum Gasteiger partial charge on any atom is -0.343 e. The maximum atomic E-state index is 11.8. The van der Waals surface area contributed by atoms with Crippen LogP contribution in [-0.4, -0.2) is 10.4 Å². The number of hydrogen-bond acceptors (Lipinski definition) is 1. The van der Waals surface area contributed by atoms with Gasteiger partial charge in [-0.1, -0.05) is 11.6 Å². The smallest absolute Gasteiger partial charge is 0.161 e. The molecule has 0 N–H and O–H groups in total. The fourth-order valence-corrected chi connectivity index (χ4v) is 2.15. The maximum absolute atomic E-state index is 11.8. The fourth-order valence-electron chi connectivity index (χ4n) is 2.15. The molecule has 15 heavy (non-hydrogen) atoms. The predicted octanol–water partition coefficient (Wildman–Crippen LogP) is 2.89. The summed E-state index contributed by atoms with van der Waals surface area (Å²) in [5.41, 5.74) is 2.14. The highest BCUT2D eigenvalue weighted by Crippen LogP contribution is 2.31. The van der Waals surface area contributed by atoms with Crippen molar-refractivity contribution in [3.8, 4) is 0 Å². The number of nitrogens with zero attached hydrogens (tertiary/aromatic N) is 1. The van der Waals surface area contributed by atoms with E-state index in [1.54, 1.807) is 0 Å². The van der Waals surface area contributed by atoms with E-state index >= 15 is 0 Å². The second-order valence-corrected chi connectivity index (χ2v) is 3.93. The summed E-state index contributed by atoms with van der Waals surface area (Å²) in [4.78, 5) is 11.8. The lowest BCUT2D eigenvalue weighted by Crippen LogP contribution is -2.12. The van der Waals surface area contributed by atoms with Crippen molar-refractivity contribution in [1.82, 2.24) is 4.57 Å². The van der Waals surface area contributed by atoms with E-state index in [0.717, 1.165) is 12.0 Å². The highest BCUT2D eigenvalue weighted by atomic mass is 16.1. The van der Waals surface area contributed by atoms with Crippen molar-refractivity contribution in [2.45, 2.75) is 25.8 Å². The van der Waals surface area contributed by atoms with E-state index in [2.05, 4.69) is 6.58 Å². The van der Waals surface area contributed by atoms with Gasteiger partial charge >= 0.3 is 0 Å². The van der Waals surface area contributed by atoms with Crippen LogP contribution in [0.2, 0.25) is 0 Å². The molecule has 1 aliphatic carbocycles. The highest BCUT2D eigenvalue weighted by Gasteiger charge is 2.26. The summed E-state index contributed by atoms with van der Waals surface area (Å²) in [6.07, 6.45) is 7.34. The molecule has 0 aromatic carbocycles. The SMILES string of the molecule is C=CC(C1=C(C)CCC1=O)n1cccc1. The molecule has 0 saturated carbocycles. The molecule has 0 saturated heterocycles. The zero-order chi connectivity index (χ0) is 10.8. The summed E-state index contributed by atoms with van der Waals surface area (Å²) in [5.74, 6) is 0.270. The first-order valence-electron chi connectivity index (χ1n) is 5.22. The lowest BCUT2D eigenvalue weighted by Gasteiger charge is -2.16. The second kappa shape index (κ2) is 3.89. The molecule has 2 heteroatoms. The largest absolute Gasteiger partial charge is 0.343 e. The van der Waals surface area contributed by atoms with E-state index in [1.165, 1.54) is 5.57 Å². The molecule has 0 aliphatic heterocycles. The lowest BCUT2D eigenvalue weighted by molar-refractivity contribution is -0.115. The summed E-state index contributed by atoms with van der Waals surface area (Å²) >= 11 is 0. The van der Waals surface area contributed by atoms with E-state index in [4.69, 9.17) is 0 Å². The molecule has 0 spiro atoms. The van der Waals surface area contributed by atoms with Gasteiger partial charge in [-0.15, -0.1) is 6.58 Å². The maximum Gasteiger partial charge on any atom is 0.161 e. The van der Waals surface area contributed by atoms with Crippen LogP contribution in [0.4, 0.5) is 0 Å². The Morgan fingerprint density at radius 2 is 2.07 bits per heavy atom. The Morgan fingerprint density at radius 1 is 1.40 bits per heavy atom. The molecule has 78 valence electrons. The number of carbonyl (C=O) groups excluding carboxylic acids is 1. The van der Waals surface area contributed by atoms with Crippen LogP contribution in [0.25, 0.3) is 0 Å². The molecular weight excluding hydrogens is 186 g/mol. The van der Waals surface area contributed by atoms with Crippen LogP contribution in [0.15, 0.2) is 48.3 Å². The molecule has 0 fully saturated rings. The Labute approximate surface area is 89.9 Å². The summed E-state index contributed by atoms with van der Waals surface area (Å²) < 4.78 is 2.02. The van der Waals surface area contributed by atoms with Crippen LogP contribution in [0, 0.1) is 0 Å². The molecule has 1 aromatic heterocycles. The summed E-state index contributed by atoms with van der Waals surface area (Å²) in [5, 5.41) is 0. The lowest BCUT2D eigenvalue weighted by atomic mass is 10.0. The van der Waals surface area contributed by atoms with Crippen molar-refractivity contribution in [3.63, 3.8) is 0 Å². The number of allylic oxidation sites excluding steroid dienone is 3. The zero-order valence-electron chi connectivity index (χ0n) is 8.94. The molecular formula is C13H15NO. The third-order valence-corrected chi connectivity index (χ3v) is 2.95. The summed E-state index contributed by atoms with van der Waals surface area (Å²) in [6.45, 7) is 5.87. The van der Waals surface area contributed by atoms with E-state index in [0.29, 0.717) is 6.42 Å².